The van der Waals surface area contributed by atoms with Gasteiger partial charge in [-0.2, -0.15) is 0 Å². The van der Waals surface area contributed by atoms with Gasteiger partial charge in [-0.3, -0.25) is 0 Å². The van der Waals surface area contributed by atoms with Gasteiger partial charge in [0.15, 0.2) is 0 Å². The molecule has 0 N–H and O–H groups in total. The zero-order valence-corrected chi connectivity index (χ0v) is 14.2. The number of ether oxygens (including phenoxy) is 2. The van der Waals surface area contributed by atoms with Crippen LogP contribution in [-0.4, -0.2) is 25.9 Å². The first-order valence-corrected chi connectivity index (χ1v) is 8.77. The van der Waals surface area contributed by atoms with Gasteiger partial charge < -0.3 is 9.47 Å². The van der Waals surface area contributed by atoms with Gasteiger partial charge in [0.2, 0.25) is 0 Å². The van der Waals surface area contributed by atoms with Crippen LogP contribution in [-0.2, 0) is 9.47 Å². The standard InChI is InChI=1S/2C9H18O/c1-8(2)7-9-3-5-10-6-4-9;1-8(2)7-9-5-3-4-6-10-9/h2*8-9H,3-7H2,1-2H3. The van der Waals surface area contributed by atoms with Gasteiger partial charge in [-0.15, -0.1) is 0 Å². The average Bonchev–Trinajstić information content (AvgIpc) is 2.40. The van der Waals surface area contributed by atoms with E-state index in [4.69, 9.17) is 9.47 Å². The quantitative estimate of drug-likeness (QED) is 0.718. The van der Waals surface area contributed by atoms with Crippen molar-refractivity contribution in [2.45, 2.75) is 78.7 Å². The summed E-state index contributed by atoms with van der Waals surface area (Å²) >= 11 is 0. The van der Waals surface area contributed by atoms with E-state index in [-0.39, 0.29) is 0 Å². The fourth-order valence-electron chi connectivity index (χ4n) is 3.17. The highest BCUT2D eigenvalue weighted by atomic mass is 16.5. The summed E-state index contributed by atoms with van der Waals surface area (Å²) in [5.74, 6) is 2.61. The van der Waals surface area contributed by atoms with E-state index in [0.717, 1.165) is 37.6 Å². The van der Waals surface area contributed by atoms with Gasteiger partial charge in [0, 0.05) is 19.8 Å². The molecule has 1 atom stereocenters. The Kier molecular flexibility index (Phi) is 9.54. The molecule has 0 amide bonds. The Bertz CT molecular complexity index is 189. The summed E-state index contributed by atoms with van der Waals surface area (Å²) in [5, 5.41) is 0. The molecule has 2 fully saturated rings. The molecule has 2 saturated heterocycles. The maximum Gasteiger partial charge on any atom is 0.0577 e. The predicted molar refractivity (Wildman–Crippen MR) is 86.0 cm³/mol. The lowest BCUT2D eigenvalue weighted by Crippen LogP contribution is -2.20. The molecule has 2 aliphatic heterocycles. The van der Waals surface area contributed by atoms with E-state index in [1.807, 2.05) is 0 Å². The van der Waals surface area contributed by atoms with Crippen molar-refractivity contribution in [3.05, 3.63) is 0 Å². The number of hydrogen-bond acceptors (Lipinski definition) is 2. The van der Waals surface area contributed by atoms with Gasteiger partial charge in [0.25, 0.3) is 0 Å². The van der Waals surface area contributed by atoms with Gasteiger partial charge in [-0.1, -0.05) is 27.7 Å². The van der Waals surface area contributed by atoms with Crippen molar-refractivity contribution in [2.24, 2.45) is 17.8 Å². The predicted octanol–water partition coefficient (Wildman–Crippen LogP) is 5.06. The van der Waals surface area contributed by atoms with Crippen LogP contribution in [0.3, 0.4) is 0 Å². The third-order valence-electron chi connectivity index (χ3n) is 4.15. The summed E-state index contributed by atoms with van der Waals surface area (Å²) in [5.41, 5.74) is 0. The molecule has 0 saturated carbocycles. The van der Waals surface area contributed by atoms with Crippen molar-refractivity contribution in [3.63, 3.8) is 0 Å². The molecule has 0 radical (unpaired) electrons. The molecule has 0 spiro atoms. The fourth-order valence-corrected chi connectivity index (χ4v) is 3.17. The lowest BCUT2D eigenvalue weighted by molar-refractivity contribution is 0.00420. The fraction of sp³-hybridized carbons (Fsp3) is 1.00. The molecule has 0 aromatic carbocycles. The van der Waals surface area contributed by atoms with E-state index in [9.17, 15) is 0 Å². The maximum absolute atomic E-state index is 5.59. The van der Waals surface area contributed by atoms with Crippen molar-refractivity contribution >= 4 is 0 Å². The monoisotopic (exact) mass is 284 g/mol. The van der Waals surface area contributed by atoms with Crippen LogP contribution in [0.4, 0.5) is 0 Å². The molecule has 0 aromatic rings. The first kappa shape index (κ1) is 18.0. The molecule has 0 aliphatic carbocycles. The highest BCUT2D eigenvalue weighted by Crippen LogP contribution is 2.22. The minimum absolute atomic E-state index is 0.578. The second-order valence-corrected chi connectivity index (χ2v) is 7.30. The van der Waals surface area contributed by atoms with Crippen LogP contribution in [0.1, 0.15) is 72.6 Å². The molecular formula is C18H36O2. The van der Waals surface area contributed by atoms with Gasteiger partial charge in [-0.25, -0.2) is 0 Å². The van der Waals surface area contributed by atoms with E-state index < -0.39 is 0 Å². The highest BCUT2D eigenvalue weighted by molar-refractivity contribution is 4.65. The average molecular weight is 284 g/mol. The molecule has 120 valence electrons. The topological polar surface area (TPSA) is 18.5 Å². The molecule has 0 aromatic heterocycles. The zero-order valence-electron chi connectivity index (χ0n) is 14.2. The molecule has 0 bridgehead atoms. The number of rotatable bonds is 4. The van der Waals surface area contributed by atoms with Crippen LogP contribution in [0.5, 0.6) is 0 Å². The summed E-state index contributed by atoms with van der Waals surface area (Å²) in [6.45, 7) is 12.1. The van der Waals surface area contributed by atoms with Gasteiger partial charge in [-0.05, 0) is 62.7 Å². The van der Waals surface area contributed by atoms with Crippen LogP contribution in [0.25, 0.3) is 0 Å². The Morgan fingerprint density at radius 3 is 1.95 bits per heavy atom. The van der Waals surface area contributed by atoms with Crippen LogP contribution >= 0.6 is 0 Å². The summed E-state index contributed by atoms with van der Waals surface area (Å²) in [7, 11) is 0. The van der Waals surface area contributed by atoms with Gasteiger partial charge >= 0.3 is 0 Å². The number of hydrogen-bond donors (Lipinski definition) is 0. The lowest BCUT2D eigenvalue weighted by atomic mass is 9.91. The molecule has 20 heavy (non-hydrogen) atoms. The van der Waals surface area contributed by atoms with Crippen LogP contribution in [0.2, 0.25) is 0 Å². The third kappa shape index (κ3) is 8.97. The Hall–Kier alpha value is -0.0800. The SMILES string of the molecule is CC(C)CC1CCCCO1.CC(C)CC1CCOCC1. The van der Waals surface area contributed by atoms with Crippen LogP contribution in [0.15, 0.2) is 0 Å². The molecule has 2 rings (SSSR count). The summed E-state index contributed by atoms with van der Waals surface area (Å²) < 4.78 is 10.9. The molecule has 2 aliphatic rings. The molecule has 2 nitrogen and oxygen atoms in total. The first-order chi connectivity index (χ1) is 9.58. The van der Waals surface area contributed by atoms with E-state index in [2.05, 4.69) is 27.7 Å². The van der Waals surface area contributed by atoms with Crippen molar-refractivity contribution in [2.75, 3.05) is 19.8 Å². The Labute approximate surface area is 126 Å². The van der Waals surface area contributed by atoms with Gasteiger partial charge in [0.1, 0.15) is 0 Å². The summed E-state index contributed by atoms with van der Waals surface area (Å²) in [6.07, 6.45) is 9.73. The van der Waals surface area contributed by atoms with Crippen molar-refractivity contribution < 1.29 is 9.47 Å². The second kappa shape index (κ2) is 10.6. The van der Waals surface area contributed by atoms with Crippen molar-refractivity contribution in [3.8, 4) is 0 Å². The normalized spacial score (nSPS) is 24.6. The van der Waals surface area contributed by atoms with Crippen LogP contribution < -0.4 is 0 Å². The second-order valence-electron chi connectivity index (χ2n) is 7.30. The van der Waals surface area contributed by atoms with Crippen molar-refractivity contribution in [1.82, 2.24) is 0 Å². The first-order valence-electron chi connectivity index (χ1n) is 8.77. The largest absolute Gasteiger partial charge is 0.381 e. The maximum atomic E-state index is 5.59. The molecule has 2 heterocycles. The van der Waals surface area contributed by atoms with E-state index in [1.165, 1.54) is 44.9 Å². The Balaban J connectivity index is 0.000000200. The summed E-state index contributed by atoms with van der Waals surface area (Å²) in [6, 6.07) is 0. The van der Waals surface area contributed by atoms with E-state index in [0.29, 0.717) is 6.10 Å². The highest BCUT2D eigenvalue weighted by Gasteiger charge is 2.15. The van der Waals surface area contributed by atoms with E-state index >= 15 is 0 Å². The zero-order chi connectivity index (χ0) is 14.8. The third-order valence-corrected chi connectivity index (χ3v) is 4.15. The Morgan fingerprint density at radius 2 is 1.45 bits per heavy atom. The molecule has 2 heteroatoms. The Morgan fingerprint density at radius 1 is 0.800 bits per heavy atom. The minimum Gasteiger partial charge on any atom is -0.381 e. The van der Waals surface area contributed by atoms with Crippen LogP contribution in [0, 0.1) is 17.8 Å². The van der Waals surface area contributed by atoms with E-state index in [1.54, 1.807) is 0 Å². The summed E-state index contributed by atoms with van der Waals surface area (Å²) in [4.78, 5) is 0. The lowest BCUT2D eigenvalue weighted by Gasteiger charge is -2.23. The van der Waals surface area contributed by atoms with Crippen molar-refractivity contribution in [1.29, 1.82) is 0 Å². The minimum atomic E-state index is 0.578. The molecular weight excluding hydrogens is 248 g/mol. The van der Waals surface area contributed by atoms with Gasteiger partial charge in [0.05, 0.1) is 6.10 Å². The molecule has 1 unspecified atom stereocenters. The smallest absolute Gasteiger partial charge is 0.0577 e.